The van der Waals surface area contributed by atoms with Gasteiger partial charge in [-0.05, 0) is 54.5 Å². The van der Waals surface area contributed by atoms with E-state index in [-0.39, 0.29) is 5.69 Å². The first kappa shape index (κ1) is 25.1. The van der Waals surface area contributed by atoms with Gasteiger partial charge in [0.05, 0.1) is 23.5 Å². The fourth-order valence-corrected chi connectivity index (χ4v) is 4.25. The predicted molar refractivity (Wildman–Crippen MR) is 134 cm³/mol. The molecule has 2 aliphatic rings. The lowest BCUT2D eigenvalue weighted by Gasteiger charge is -2.28. The molecule has 2 aromatic carbocycles. The van der Waals surface area contributed by atoms with Crippen molar-refractivity contribution >= 4 is 46.7 Å². The van der Waals surface area contributed by atoms with Gasteiger partial charge in [0.25, 0.3) is 0 Å². The molecule has 0 saturated carbocycles. The maximum Gasteiger partial charge on any atom is 0.416 e. The van der Waals surface area contributed by atoms with Crippen LogP contribution in [0.4, 0.5) is 49.9 Å². The number of aryl methyl sites for hydroxylation is 1. The number of hydrogen-bond acceptors (Lipinski definition) is 6. The minimum atomic E-state index is -4.73. The summed E-state index contributed by atoms with van der Waals surface area (Å²) in [4.78, 5) is 27.8. The number of aliphatic imine (C=N–C) groups is 1. The zero-order valence-corrected chi connectivity index (χ0v) is 20.0. The standard InChI is InChI=1S/C25H20F5N7O/c1-12-7-18(27)20(35-24(38)34-19-9-14(25(28,29)30)3-4-17(19)26)10-15(12)16-8-13-11-33-23(31-2)36-21(13)37-6-5-32-22(16)37/h3-4,7-11H,5-6H2,1-2H3,(H,31,33,36)(H2,34,35,38). The second-order valence-corrected chi connectivity index (χ2v) is 8.56. The summed E-state index contributed by atoms with van der Waals surface area (Å²) < 4.78 is 67.9. The average molecular weight is 529 g/mol. The fraction of sp³-hybridized carbons (Fsp3) is 0.200. The minimum Gasteiger partial charge on any atom is -0.357 e. The van der Waals surface area contributed by atoms with Crippen LogP contribution in [0, 0.1) is 18.6 Å². The maximum absolute atomic E-state index is 14.8. The van der Waals surface area contributed by atoms with Crippen molar-refractivity contribution in [3.63, 3.8) is 0 Å². The van der Waals surface area contributed by atoms with Crippen LogP contribution in [0.15, 0.2) is 41.5 Å². The summed E-state index contributed by atoms with van der Waals surface area (Å²) in [5.41, 5.74) is 0.379. The molecule has 0 saturated heterocycles. The van der Waals surface area contributed by atoms with Gasteiger partial charge in [0, 0.05) is 30.9 Å². The molecule has 0 radical (unpaired) electrons. The number of fused-ring (bicyclic) bond motifs is 3. The number of carbonyl (C=O) groups is 1. The third-order valence-electron chi connectivity index (χ3n) is 6.05. The number of benzene rings is 2. The van der Waals surface area contributed by atoms with Gasteiger partial charge in [0.15, 0.2) is 0 Å². The van der Waals surface area contributed by atoms with Crippen molar-refractivity contribution in [2.45, 2.75) is 13.1 Å². The summed E-state index contributed by atoms with van der Waals surface area (Å²) in [6, 6.07) is 3.10. The van der Waals surface area contributed by atoms with E-state index < -0.39 is 35.1 Å². The van der Waals surface area contributed by atoms with E-state index in [0.29, 0.717) is 65.6 Å². The highest BCUT2D eigenvalue weighted by atomic mass is 19.4. The van der Waals surface area contributed by atoms with Gasteiger partial charge in [0.2, 0.25) is 5.95 Å². The lowest BCUT2D eigenvalue weighted by atomic mass is 9.94. The first-order valence-electron chi connectivity index (χ1n) is 11.4. The van der Waals surface area contributed by atoms with Gasteiger partial charge in [-0.2, -0.15) is 18.2 Å². The molecule has 5 rings (SSSR count). The summed E-state index contributed by atoms with van der Waals surface area (Å²) in [6.45, 7) is 2.79. The molecule has 8 nitrogen and oxygen atoms in total. The Morgan fingerprint density at radius 1 is 1.05 bits per heavy atom. The predicted octanol–water partition coefficient (Wildman–Crippen LogP) is 5.54. The summed E-state index contributed by atoms with van der Waals surface area (Å²) in [5.74, 6) is -0.124. The molecule has 13 heteroatoms. The Bertz CT molecular complexity index is 1520. The number of carbonyl (C=O) groups excluding carboxylic acids is 1. The number of halogens is 5. The third-order valence-corrected chi connectivity index (χ3v) is 6.05. The Labute approximate surface area is 213 Å². The second kappa shape index (κ2) is 9.39. The largest absolute Gasteiger partial charge is 0.416 e. The van der Waals surface area contributed by atoms with Crippen molar-refractivity contribution in [2.75, 3.05) is 41.0 Å². The molecule has 196 valence electrons. The van der Waals surface area contributed by atoms with Gasteiger partial charge in [-0.3, -0.25) is 4.99 Å². The van der Waals surface area contributed by atoms with E-state index in [1.165, 1.54) is 12.1 Å². The van der Waals surface area contributed by atoms with Gasteiger partial charge >= 0.3 is 12.2 Å². The highest BCUT2D eigenvalue weighted by Crippen LogP contribution is 2.37. The number of rotatable bonds is 4. The molecule has 0 unspecified atom stereocenters. The van der Waals surface area contributed by atoms with E-state index in [0.717, 1.165) is 5.56 Å². The van der Waals surface area contributed by atoms with Crippen molar-refractivity contribution in [2.24, 2.45) is 4.99 Å². The fourth-order valence-electron chi connectivity index (χ4n) is 4.25. The maximum atomic E-state index is 14.8. The lowest BCUT2D eigenvalue weighted by Crippen LogP contribution is -2.32. The SMILES string of the molecule is CNc1ncc2c(n1)N1CCN=C1C(c1cc(NC(=O)Nc3cc(C(F)(F)F)ccc3F)c(F)cc1C)=C2. The molecular formula is C25H20F5N7O. The van der Waals surface area contributed by atoms with Gasteiger partial charge in [-0.25, -0.2) is 18.6 Å². The van der Waals surface area contributed by atoms with Crippen molar-refractivity contribution in [1.29, 1.82) is 0 Å². The molecule has 3 N–H and O–H groups in total. The van der Waals surface area contributed by atoms with Crippen LogP contribution in [-0.2, 0) is 6.18 Å². The Kier molecular flexibility index (Phi) is 6.21. The molecule has 0 atom stereocenters. The summed E-state index contributed by atoms with van der Waals surface area (Å²) in [6.07, 6.45) is -1.27. The molecule has 0 spiro atoms. The number of urea groups is 1. The van der Waals surface area contributed by atoms with Crippen LogP contribution >= 0.6 is 0 Å². The van der Waals surface area contributed by atoms with Gasteiger partial charge < -0.3 is 20.9 Å². The Morgan fingerprint density at radius 2 is 1.79 bits per heavy atom. The Balaban J connectivity index is 1.47. The number of hydrogen-bond donors (Lipinski definition) is 3. The van der Waals surface area contributed by atoms with E-state index in [9.17, 15) is 26.7 Å². The monoisotopic (exact) mass is 529 g/mol. The van der Waals surface area contributed by atoms with Crippen molar-refractivity contribution < 1.29 is 26.7 Å². The van der Waals surface area contributed by atoms with Crippen LogP contribution < -0.4 is 20.9 Å². The van der Waals surface area contributed by atoms with Crippen LogP contribution in [0.1, 0.15) is 22.3 Å². The number of aromatic nitrogens is 2. The average Bonchev–Trinajstić information content (AvgIpc) is 3.36. The number of amidine groups is 1. The number of alkyl halides is 3. The van der Waals surface area contributed by atoms with Crippen LogP contribution in [0.5, 0.6) is 0 Å². The molecule has 1 aromatic heterocycles. The molecule has 0 fully saturated rings. The van der Waals surface area contributed by atoms with E-state index in [4.69, 9.17) is 0 Å². The topological polar surface area (TPSA) is 94.5 Å². The zero-order valence-electron chi connectivity index (χ0n) is 20.0. The molecule has 3 heterocycles. The molecule has 38 heavy (non-hydrogen) atoms. The molecule has 2 amide bonds. The lowest BCUT2D eigenvalue weighted by molar-refractivity contribution is -0.137. The van der Waals surface area contributed by atoms with Crippen molar-refractivity contribution in [3.05, 3.63) is 70.4 Å². The zero-order chi connectivity index (χ0) is 27.2. The van der Waals surface area contributed by atoms with Crippen LogP contribution in [0.25, 0.3) is 11.6 Å². The normalized spacial score (nSPS) is 14.3. The van der Waals surface area contributed by atoms with Gasteiger partial charge in [0.1, 0.15) is 23.3 Å². The Morgan fingerprint density at radius 3 is 2.50 bits per heavy atom. The number of nitrogens with one attached hydrogen (secondary N) is 3. The number of anilines is 4. The summed E-state index contributed by atoms with van der Waals surface area (Å²) in [5, 5.41) is 7.17. The molecule has 0 aliphatic carbocycles. The smallest absolute Gasteiger partial charge is 0.357 e. The quantitative estimate of drug-likeness (QED) is 0.386. The van der Waals surface area contributed by atoms with E-state index in [1.54, 1.807) is 20.2 Å². The molecular weight excluding hydrogens is 509 g/mol. The number of nitrogens with zero attached hydrogens (tertiary/aromatic N) is 4. The second-order valence-electron chi connectivity index (χ2n) is 8.56. The first-order valence-corrected chi connectivity index (χ1v) is 11.4. The van der Waals surface area contributed by atoms with E-state index in [2.05, 4.69) is 25.6 Å². The molecule has 3 aromatic rings. The van der Waals surface area contributed by atoms with Gasteiger partial charge in [-0.15, -0.1) is 0 Å². The van der Waals surface area contributed by atoms with Crippen molar-refractivity contribution in [3.8, 4) is 0 Å². The minimum absolute atomic E-state index is 0.255. The van der Waals surface area contributed by atoms with Crippen LogP contribution in [-0.4, -0.2) is 42.0 Å². The first-order chi connectivity index (χ1) is 18.0. The highest BCUT2D eigenvalue weighted by molar-refractivity contribution is 6.36. The van der Waals surface area contributed by atoms with Crippen LogP contribution in [0.2, 0.25) is 0 Å². The summed E-state index contributed by atoms with van der Waals surface area (Å²) >= 11 is 0. The molecule has 0 bridgehead atoms. The van der Waals surface area contributed by atoms with E-state index >= 15 is 0 Å². The molecule has 2 aliphatic heterocycles. The highest BCUT2D eigenvalue weighted by Gasteiger charge is 2.32. The van der Waals surface area contributed by atoms with Crippen LogP contribution in [0.3, 0.4) is 0 Å². The van der Waals surface area contributed by atoms with Gasteiger partial charge in [-0.1, -0.05) is 0 Å². The number of amides is 2. The third kappa shape index (κ3) is 4.62. The Hall–Kier alpha value is -4.55. The van der Waals surface area contributed by atoms with Crippen molar-refractivity contribution in [1.82, 2.24) is 9.97 Å². The summed E-state index contributed by atoms with van der Waals surface area (Å²) in [7, 11) is 1.71. The van der Waals surface area contributed by atoms with E-state index in [1.807, 2.05) is 16.3 Å².